The molecule has 2 unspecified atom stereocenters. The largest absolute Gasteiger partial charge is 0.413 e. The van der Waals surface area contributed by atoms with Gasteiger partial charge in [0.15, 0.2) is 10.7 Å². The number of anilines is 1. The Labute approximate surface area is 242 Å². The molecule has 2 atom stereocenters. The summed E-state index contributed by atoms with van der Waals surface area (Å²) in [6, 6.07) is 13.2. The zero-order valence-corrected chi connectivity index (χ0v) is 23.9. The van der Waals surface area contributed by atoms with Crippen LogP contribution in [0, 0.1) is 0 Å². The van der Waals surface area contributed by atoms with E-state index in [1.54, 1.807) is 11.6 Å². The number of aliphatic hydroxyl groups is 1. The highest BCUT2D eigenvalue weighted by Gasteiger charge is 2.63. The first-order chi connectivity index (χ1) is 19.8. The van der Waals surface area contributed by atoms with Gasteiger partial charge in [-0.1, -0.05) is 23.5 Å². The van der Waals surface area contributed by atoms with E-state index in [1.165, 1.54) is 22.7 Å². The van der Waals surface area contributed by atoms with Gasteiger partial charge in [0, 0.05) is 65.7 Å². The van der Waals surface area contributed by atoms with Crippen molar-refractivity contribution in [3.8, 4) is 10.6 Å². The van der Waals surface area contributed by atoms with Crippen molar-refractivity contribution >= 4 is 48.9 Å². The number of fused-ring (bicyclic) bond motifs is 5. The van der Waals surface area contributed by atoms with Gasteiger partial charge in [-0.05, 0) is 50.1 Å². The molecule has 5 aromatic rings. The number of hydrazine groups is 1. The second-order valence-corrected chi connectivity index (χ2v) is 12.7. The van der Waals surface area contributed by atoms with Crippen LogP contribution in [-0.2, 0) is 12.1 Å². The molecule has 2 aliphatic heterocycles. The summed E-state index contributed by atoms with van der Waals surface area (Å²) >= 11 is 2.67. The lowest BCUT2D eigenvalue weighted by atomic mass is 9.75. The Balaban J connectivity index is 1.44. The first kappa shape index (κ1) is 26.8. The number of nitrogens with one attached hydrogen (secondary N) is 2. The number of hydrogen-bond donors (Lipinski definition) is 3. The number of para-hydroxylation sites is 1. The summed E-state index contributed by atoms with van der Waals surface area (Å²) in [5.41, 5.74) is 6.05. The number of alkyl halides is 3. The predicted octanol–water partition coefficient (Wildman–Crippen LogP) is 6.32. The number of nitrogens with zero attached hydrogens (tertiary/aromatic N) is 4. The second kappa shape index (κ2) is 10.1. The van der Waals surface area contributed by atoms with Crippen molar-refractivity contribution in [3.05, 3.63) is 65.3 Å². The lowest BCUT2D eigenvalue weighted by Crippen LogP contribution is -2.61. The molecule has 7 rings (SSSR count). The van der Waals surface area contributed by atoms with E-state index in [2.05, 4.69) is 15.8 Å². The van der Waals surface area contributed by atoms with Gasteiger partial charge in [0.05, 0.1) is 22.0 Å². The molecule has 41 heavy (non-hydrogen) atoms. The van der Waals surface area contributed by atoms with Gasteiger partial charge in [-0.15, -0.1) is 11.3 Å². The van der Waals surface area contributed by atoms with E-state index >= 15 is 13.2 Å². The van der Waals surface area contributed by atoms with Crippen LogP contribution in [-0.4, -0.2) is 56.5 Å². The Morgan fingerprint density at radius 1 is 1.12 bits per heavy atom. The van der Waals surface area contributed by atoms with Crippen molar-refractivity contribution < 1.29 is 18.3 Å². The Bertz CT molecular complexity index is 1690. The number of piperidine rings is 1. The maximum absolute atomic E-state index is 16.1. The molecule has 1 saturated heterocycles. The zero-order valence-electron chi connectivity index (χ0n) is 22.3. The molecule has 2 aromatic carbocycles. The molecular weight excluding hydrogens is 569 g/mol. The van der Waals surface area contributed by atoms with Crippen LogP contribution in [0.1, 0.15) is 36.9 Å². The van der Waals surface area contributed by atoms with Gasteiger partial charge >= 0.3 is 6.18 Å². The molecule has 0 radical (unpaired) electrons. The molecule has 3 aromatic heterocycles. The number of hydrogen-bond acceptors (Lipinski definition) is 8. The van der Waals surface area contributed by atoms with Crippen molar-refractivity contribution in [2.24, 2.45) is 0 Å². The number of aromatic nitrogens is 3. The normalized spacial score (nSPS) is 21.8. The average Bonchev–Trinajstić information content (AvgIpc) is 3.69. The van der Waals surface area contributed by atoms with Crippen LogP contribution < -0.4 is 10.9 Å². The Morgan fingerprint density at radius 2 is 1.93 bits per heavy atom. The number of thiazole rings is 2. The first-order valence-corrected chi connectivity index (χ1v) is 15.4. The van der Waals surface area contributed by atoms with Crippen LogP contribution in [0.25, 0.3) is 31.7 Å². The summed E-state index contributed by atoms with van der Waals surface area (Å²) in [5.74, 6) is -1.09. The molecule has 3 N–H and O–H groups in total. The minimum absolute atomic E-state index is 0.124. The summed E-state index contributed by atoms with van der Waals surface area (Å²) < 4.78 is 51.0. The van der Waals surface area contributed by atoms with Crippen LogP contribution >= 0.6 is 22.7 Å². The van der Waals surface area contributed by atoms with E-state index in [0.29, 0.717) is 53.7 Å². The van der Waals surface area contributed by atoms with E-state index in [0.717, 1.165) is 21.3 Å². The van der Waals surface area contributed by atoms with Crippen molar-refractivity contribution in [2.45, 2.75) is 50.0 Å². The SMILES string of the molecule is CCn1cc2c3cc(ccc31)-c1nc(cs1)C(CN1CCC(O)CC1)C2(NNc1nc2ccccc2s1)C(F)(F)F. The number of aryl methyl sites for hydroxylation is 1. The lowest BCUT2D eigenvalue weighted by Gasteiger charge is -2.44. The van der Waals surface area contributed by atoms with Crippen molar-refractivity contribution in [3.63, 3.8) is 0 Å². The Morgan fingerprint density at radius 3 is 2.68 bits per heavy atom. The third-order valence-corrected chi connectivity index (χ3v) is 10.3. The molecule has 0 spiro atoms. The highest BCUT2D eigenvalue weighted by Crippen LogP contribution is 2.53. The predicted molar refractivity (Wildman–Crippen MR) is 157 cm³/mol. The van der Waals surface area contributed by atoms with Gasteiger partial charge in [0.1, 0.15) is 5.01 Å². The summed E-state index contributed by atoms with van der Waals surface area (Å²) in [5, 5.41) is 13.5. The van der Waals surface area contributed by atoms with E-state index in [4.69, 9.17) is 4.98 Å². The van der Waals surface area contributed by atoms with E-state index in [1.807, 2.05) is 58.9 Å². The number of benzene rings is 2. The molecule has 12 heteroatoms. The van der Waals surface area contributed by atoms with Crippen molar-refractivity contribution in [1.29, 1.82) is 0 Å². The molecule has 4 bridgehead atoms. The van der Waals surface area contributed by atoms with Gasteiger partial charge in [-0.3, -0.25) is 5.43 Å². The van der Waals surface area contributed by atoms with Crippen LogP contribution in [0.3, 0.4) is 0 Å². The fourth-order valence-corrected chi connectivity index (χ4v) is 7.93. The summed E-state index contributed by atoms with van der Waals surface area (Å²) in [6.07, 6.45) is -2.44. The third kappa shape index (κ3) is 4.43. The van der Waals surface area contributed by atoms with Crippen LogP contribution in [0.4, 0.5) is 18.3 Å². The highest BCUT2D eigenvalue weighted by molar-refractivity contribution is 7.22. The van der Waals surface area contributed by atoms with Crippen molar-refractivity contribution in [1.82, 2.24) is 24.9 Å². The molecule has 7 nitrogen and oxygen atoms in total. The van der Waals surface area contributed by atoms with Crippen LogP contribution in [0.15, 0.2) is 54.0 Å². The van der Waals surface area contributed by atoms with E-state index in [9.17, 15) is 5.11 Å². The monoisotopic (exact) mass is 598 g/mol. The zero-order chi connectivity index (χ0) is 28.4. The molecule has 1 fully saturated rings. The number of aliphatic hydroxyl groups excluding tert-OH is 1. The maximum atomic E-state index is 16.1. The summed E-state index contributed by atoms with van der Waals surface area (Å²) in [4.78, 5) is 11.4. The quantitative estimate of drug-likeness (QED) is 0.199. The highest BCUT2D eigenvalue weighted by atomic mass is 32.1. The molecule has 0 aliphatic carbocycles. The Hall–Kier alpha value is -3.03. The van der Waals surface area contributed by atoms with Gasteiger partial charge in [0.2, 0.25) is 0 Å². The van der Waals surface area contributed by atoms with Gasteiger partial charge in [-0.2, -0.15) is 13.2 Å². The van der Waals surface area contributed by atoms with Gasteiger partial charge < -0.3 is 14.6 Å². The van der Waals surface area contributed by atoms with Crippen LogP contribution in [0.2, 0.25) is 0 Å². The fourth-order valence-electron chi connectivity index (χ4n) is 6.24. The maximum Gasteiger partial charge on any atom is 0.413 e. The molecule has 0 amide bonds. The topological polar surface area (TPSA) is 78.2 Å². The summed E-state index contributed by atoms with van der Waals surface area (Å²) in [6.45, 7) is 3.63. The Kier molecular flexibility index (Phi) is 6.58. The van der Waals surface area contributed by atoms with E-state index < -0.39 is 23.7 Å². The number of halogens is 3. The first-order valence-electron chi connectivity index (χ1n) is 13.7. The van der Waals surface area contributed by atoms with Gasteiger partial charge in [-0.25, -0.2) is 15.4 Å². The molecular formula is C29H29F3N6OS2. The second-order valence-electron chi connectivity index (χ2n) is 10.8. The van der Waals surface area contributed by atoms with Crippen LogP contribution in [0.5, 0.6) is 0 Å². The molecule has 2 aliphatic rings. The van der Waals surface area contributed by atoms with Crippen molar-refractivity contribution in [2.75, 3.05) is 25.1 Å². The number of likely N-dealkylation sites (tertiary alicyclic amines) is 1. The smallest absolute Gasteiger partial charge is 0.393 e. The lowest BCUT2D eigenvalue weighted by molar-refractivity contribution is -0.209. The molecule has 214 valence electrons. The fraction of sp³-hybridized carbons (Fsp3) is 0.379. The summed E-state index contributed by atoms with van der Waals surface area (Å²) in [7, 11) is 0. The average molecular weight is 599 g/mol. The molecule has 5 heterocycles. The molecule has 0 saturated carbocycles. The van der Waals surface area contributed by atoms with E-state index in [-0.39, 0.29) is 12.1 Å². The van der Waals surface area contributed by atoms with Gasteiger partial charge in [0.25, 0.3) is 0 Å². The minimum Gasteiger partial charge on any atom is -0.393 e. The standard InChI is InChI=1S/C29H29F3N6OS2/c1-2-38-15-20-19-13-17(7-8-24(19)38)26-33-23(16-40-26)21(14-37-11-9-18(39)10-12-37)28(20,29(30,31)32)36-35-27-34-22-5-3-4-6-25(22)41-27/h3-8,13,15-16,18,21,36,39H,2,9-12,14H2,1H3,(H,34,35). The third-order valence-electron chi connectivity index (χ3n) is 8.40. The number of rotatable bonds is 6. The minimum atomic E-state index is -4.73.